The summed E-state index contributed by atoms with van der Waals surface area (Å²) in [5.74, 6) is 1.45. The van der Waals surface area contributed by atoms with Gasteiger partial charge in [0.2, 0.25) is 5.88 Å². The molecule has 1 aromatic carbocycles. The number of thiazole rings is 1. The van der Waals surface area contributed by atoms with Gasteiger partial charge in [-0.25, -0.2) is 15.0 Å². The Morgan fingerprint density at radius 3 is 2.34 bits per heavy atom. The fraction of sp³-hybridized carbons (Fsp3) is 0.174. The van der Waals surface area contributed by atoms with Gasteiger partial charge in [0, 0.05) is 34.5 Å². The molecule has 29 heavy (non-hydrogen) atoms. The molecule has 0 aliphatic rings. The van der Waals surface area contributed by atoms with Crippen LogP contribution in [0.15, 0.2) is 66.2 Å². The van der Waals surface area contributed by atoms with Crippen LogP contribution in [0, 0.1) is 6.92 Å². The molecular formula is C23H22N4OS. The van der Waals surface area contributed by atoms with E-state index in [9.17, 15) is 0 Å². The summed E-state index contributed by atoms with van der Waals surface area (Å²) in [5.41, 5.74) is 5.15. The van der Waals surface area contributed by atoms with E-state index in [-0.39, 0.29) is 6.10 Å². The average Bonchev–Trinajstić information content (AvgIpc) is 3.17. The molecular weight excluding hydrogens is 380 g/mol. The molecule has 0 spiro atoms. The van der Waals surface area contributed by atoms with Crippen molar-refractivity contribution in [3.05, 3.63) is 71.9 Å². The number of aryl methyl sites for hydroxylation is 1. The highest BCUT2D eigenvalue weighted by molar-refractivity contribution is 7.14. The molecule has 0 saturated carbocycles. The van der Waals surface area contributed by atoms with E-state index in [0.29, 0.717) is 5.88 Å². The van der Waals surface area contributed by atoms with Gasteiger partial charge in [-0.1, -0.05) is 30.3 Å². The van der Waals surface area contributed by atoms with Gasteiger partial charge in [0.25, 0.3) is 0 Å². The van der Waals surface area contributed by atoms with Crippen molar-refractivity contribution in [3.8, 4) is 28.3 Å². The monoisotopic (exact) mass is 402 g/mol. The number of anilines is 2. The second-order valence-electron chi connectivity index (χ2n) is 6.96. The highest BCUT2D eigenvalue weighted by Gasteiger charge is 2.07. The van der Waals surface area contributed by atoms with Crippen molar-refractivity contribution >= 4 is 22.3 Å². The van der Waals surface area contributed by atoms with E-state index < -0.39 is 0 Å². The number of benzene rings is 1. The second-order valence-corrected chi connectivity index (χ2v) is 7.81. The number of hydrogen-bond acceptors (Lipinski definition) is 6. The molecule has 0 fully saturated rings. The second kappa shape index (κ2) is 8.41. The number of nitrogens with one attached hydrogen (secondary N) is 1. The number of ether oxygens (including phenoxy) is 1. The zero-order valence-electron chi connectivity index (χ0n) is 16.6. The first-order valence-electron chi connectivity index (χ1n) is 9.46. The summed E-state index contributed by atoms with van der Waals surface area (Å²) in [6, 6.07) is 18.2. The first-order valence-corrected chi connectivity index (χ1v) is 10.3. The van der Waals surface area contributed by atoms with Crippen LogP contribution in [0.5, 0.6) is 5.88 Å². The van der Waals surface area contributed by atoms with Gasteiger partial charge in [-0.3, -0.25) is 0 Å². The lowest BCUT2D eigenvalue weighted by atomic mass is 10.0. The van der Waals surface area contributed by atoms with Gasteiger partial charge in [-0.2, -0.15) is 0 Å². The third-order valence-electron chi connectivity index (χ3n) is 4.23. The van der Waals surface area contributed by atoms with Crippen LogP contribution in [0.25, 0.3) is 22.4 Å². The van der Waals surface area contributed by atoms with Crippen LogP contribution in [-0.2, 0) is 0 Å². The van der Waals surface area contributed by atoms with Crippen molar-refractivity contribution in [2.45, 2.75) is 26.9 Å². The SMILES string of the molecule is Cc1cccc(Nc2nc(-c3ccc(-c4ccc(OC(C)C)nc4)cc3)cs2)n1. The lowest BCUT2D eigenvalue weighted by Gasteiger charge is -2.09. The molecule has 0 saturated heterocycles. The van der Waals surface area contributed by atoms with Crippen LogP contribution in [0.3, 0.4) is 0 Å². The number of aromatic nitrogens is 3. The molecule has 3 aromatic heterocycles. The summed E-state index contributed by atoms with van der Waals surface area (Å²) in [6.07, 6.45) is 1.96. The summed E-state index contributed by atoms with van der Waals surface area (Å²) in [4.78, 5) is 13.5. The Morgan fingerprint density at radius 2 is 1.66 bits per heavy atom. The minimum atomic E-state index is 0.117. The molecule has 0 amide bonds. The maximum absolute atomic E-state index is 5.60. The third kappa shape index (κ3) is 4.78. The maximum Gasteiger partial charge on any atom is 0.213 e. The average molecular weight is 403 g/mol. The molecule has 0 aliphatic heterocycles. The van der Waals surface area contributed by atoms with Crippen molar-refractivity contribution in [2.24, 2.45) is 0 Å². The number of nitrogens with zero attached hydrogens (tertiary/aromatic N) is 3. The molecule has 3 heterocycles. The van der Waals surface area contributed by atoms with Gasteiger partial charge < -0.3 is 10.1 Å². The van der Waals surface area contributed by atoms with E-state index in [1.54, 1.807) is 11.3 Å². The van der Waals surface area contributed by atoms with Gasteiger partial charge >= 0.3 is 0 Å². The number of hydrogen-bond donors (Lipinski definition) is 1. The van der Waals surface area contributed by atoms with E-state index >= 15 is 0 Å². The molecule has 0 aliphatic carbocycles. The predicted octanol–water partition coefficient (Wildman–Crippen LogP) is 6.11. The molecule has 0 unspecified atom stereocenters. The standard InChI is InChI=1S/C23H22N4OS/c1-15(2)28-22-12-11-19(13-24-22)17-7-9-18(10-8-17)20-14-29-23(26-20)27-21-6-4-5-16(3)25-21/h4-15H,1-3H3,(H,25,26,27). The zero-order chi connectivity index (χ0) is 20.2. The Balaban J connectivity index is 1.47. The fourth-order valence-electron chi connectivity index (χ4n) is 2.88. The Hall–Kier alpha value is -3.25. The summed E-state index contributed by atoms with van der Waals surface area (Å²) in [6.45, 7) is 5.96. The Morgan fingerprint density at radius 1 is 0.897 bits per heavy atom. The Labute approximate surface area is 174 Å². The highest BCUT2D eigenvalue weighted by Crippen LogP contribution is 2.29. The van der Waals surface area contributed by atoms with E-state index in [1.807, 2.05) is 62.7 Å². The summed E-state index contributed by atoms with van der Waals surface area (Å²) in [5, 5.41) is 6.14. The number of pyridine rings is 2. The molecule has 4 aromatic rings. The van der Waals surface area contributed by atoms with Gasteiger partial charge in [-0.15, -0.1) is 11.3 Å². The van der Waals surface area contributed by atoms with Crippen molar-refractivity contribution < 1.29 is 4.74 Å². The molecule has 0 bridgehead atoms. The van der Waals surface area contributed by atoms with E-state index in [1.165, 1.54) is 0 Å². The Bertz CT molecular complexity index is 1090. The largest absolute Gasteiger partial charge is 0.475 e. The normalized spacial score (nSPS) is 10.9. The lowest BCUT2D eigenvalue weighted by molar-refractivity contribution is 0.232. The zero-order valence-corrected chi connectivity index (χ0v) is 17.4. The van der Waals surface area contributed by atoms with Crippen LogP contribution in [0.4, 0.5) is 10.9 Å². The topological polar surface area (TPSA) is 59.9 Å². The molecule has 4 rings (SSSR count). The van der Waals surface area contributed by atoms with Crippen LogP contribution in [0.2, 0.25) is 0 Å². The van der Waals surface area contributed by atoms with Gasteiger partial charge in [0.15, 0.2) is 5.13 Å². The van der Waals surface area contributed by atoms with Crippen LogP contribution in [-0.4, -0.2) is 21.1 Å². The molecule has 146 valence electrons. The quantitative estimate of drug-likeness (QED) is 0.422. The smallest absolute Gasteiger partial charge is 0.213 e. The van der Waals surface area contributed by atoms with E-state index in [4.69, 9.17) is 4.74 Å². The highest BCUT2D eigenvalue weighted by atomic mass is 32.1. The van der Waals surface area contributed by atoms with Crippen LogP contribution < -0.4 is 10.1 Å². The van der Waals surface area contributed by atoms with E-state index in [2.05, 4.69) is 44.5 Å². The van der Waals surface area contributed by atoms with Crippen molar-refractivity contribution in [1.82, 2.24) is 15.0 Å². The summed E-state index contributed by atoms with van der Waals surface area (Å²) in [7, 11) is 0. The maximum atomic E-state index is 5.60. The minimum absolute atomic E-state index is 0.117. The first kappa shape index (κ1) is 19.1. The summed E-state index contributed by atoms with van der Waals surface area (Å²) < 4.78 is 5.60. The third-order valence-corrected chi connectivity index (χ3v) is 4.99. The predicted molar refractivity (Wildman–Crippen MR) is 119 cm³/mol. The Kier molecular flexibility index (Phi) is 5.53. The van der Waals surface area contributed by atoms with Gasteiger partial charge in [-0.05, 0) is 44.5 Å². The van der Waals surface area contributed by atoms with E-state index in [0.717, 1.165) is 39.0 Å². The molecule has 6 heteroatoms. The fourth-order valence-corrected chi connectivity index (χ4v) is 3.61. The first-order chi connectivity index (χ1) is 14.1. The van der Waals surface area contributed by atoms with Crippen molar-refractivity contribution in [1.29, 1.82) is 0 Å². The molecule has 1 N–H and O–H groups in total. The molecule has 0 radical (unpaired) electrons. The van der Waals surface area contributed by atoms with Crippen LogP contribution in [0.1, 0.15) is 19.5 Å². The summed E-state index contributed by atoms with van der Waals surface area (Å²) >= 11 is 1.57. The lowest BCUT2D eigenvalue weighted by Crippen LogP contribution is -2.06. The molecule has 0 atom stereocenters. The van der Waals surface area contributed by atoms with Gasteiger partial charge in [0.05, 0.1) is 11.8 Å². The molecule has 5 nitrogen and oxygen atoms in total. The van der Waals surface area contributed by atoms with Crippen LogP contribution >= 0.6 is 11.3 Å². The van der Waals surface area contributed by atoms with Crippen molar-refractivity contribution in [2.75, 3.05) is 5.32 Å². The van der Waals surface area contributed by atoms with Crippen molar-refractivity contribution in [3.63, 3.8) is 0 Å². The van der Waals surface area contributed by atoms with Gasteiger partial charge in [0.1, 0.15) is 5.82 Å². The number of rotatable bonds is 6. The minimum Gasteiger partial charge on any atom is -0.475 e.